The van der Waals surface area contributed by atoms with Crippen LogP contribution in [0.1, 0.15) is 25.7 Å². The van der Waals surface area contributed by atoms with Crippen molar-refractivity contribution in [2.24, 2.45) is 0 Å². The average molecular weight is 286 g/mol. The van der Waals surface area contributed by atoms with Gasteiger partial charge in [0.15, 0.2) is 0 Å². The molecule has 1 saturated carbocycles. The van der Waals surface area contributed by atoms with Gasteiger partial charge in [0, 0.05) is 12.1 Å². The van der Waals surface area contributed by atoms with Crippen molar-refractivity contribution in [3.8, 4) is 5.75 Å². The van der Waals surface area contributed by atoms with Crippen LogP contribution in [0.5, 0.6) is 5.75 Å². The summed E-state index contributed by atoms with van der Waals surface area (Å²) in [5, 5.41) is 19.7. The van der Waals surface area contributed by atoms with Crippen LogP contribution in [0.3, 0.4) is 0 Å². The molecule has 0 unspecified atom stereocenters. The van der Waals surface area contributed by atoms with Gasteiger partial charge in [0.05, 0.1) is 15.9 Å². The summed E-state index contributed by atoms with van der Waals surface area (Å²) in [5.41, 5.74) is -0.428. The predicted molar refractivity (Wildman–Crippen MR) is 69.6 cm³/mol. The Hall–Kier alpha value is -1.83. The Balaban J connectivity index is 2.27. The third-order valence-corrected chi connectivity index (χ3v) is 5.04. The molecule has 0 heterocycles. The van der Waals surface area contributed by atoms with Crippen molar-refractivity contribution in [3.05, 3.63) is 28.3 Å². The first-order chi connectivity index (χ1) is 8.90. The van der Waals surface area contributed by atoms with Crippen molar-refractivity contribution in [1.82, 2.24) is 0 Å². The largest absolute Gasteiger partial charge is 0.506 e. The Morgan fingerprint density at radius 1 is 1.32 bits per heavy atom. The van der Waals surface area contributed by atoms with Crippen molar-refractivity contribution in [3.63, 3.8) is 0 Å². The summed E-state index contributed by atoms with van der Waals surface area (Å²) >= 11 is 0. The lowest BCUT2D eigenvalue weighted by Crippen LogP contribution is -2.25. The second kappa shape index (κ2) is 5.04. The van der Waals surface area contributed by atoms with Crippen molar-refractivity contribution in [2.75, 3.05) is 4.72 Å². The number of sulfonamides is 1. The number of rotatable bonds is 4. The molecule has 7 nitrogen and oxygen atoms in total. The smallest absolute Gasteiger partial charge is 0.271 e. The maximum atomic E-state index is 12.0. The molecule has 1 aromatic carbocycles. The topological polar surface area (TPSA) is 110 Å². The molecule has 1 aliphatic carbocycles. The summed E-state index contributed by atoms with van der Waals surface area (Å²) in [7, 11) is -3.61. The van der Waals surface area contributed by atoms with Crippen LogP contribution < -0.4 is 4.72 Å². The fourth-order valence-electron chi connectivity index (χ4n) is 2.15. The average Bonchev–Trinajstić information content (AvgIpc) is 2.85. The zero-order valence-corrected chi connectivity index (χ0v) is 10.9. The van der Waals surface area contributed by atoms with E-state index in [2.05, 4.69) is 4.72 Å². The third kappa shape index (κ3) is 2.95. The molecular formula is C11H14N2O5S. The SMILES string of the molecule is O=[N+]([O-])c1ccc(O)c(NS(=O)(=O)C2CCCC2)c1. The number of nitro groups is 1. The molecule has 8 heteroatoms. The quantitative estimate of drug-likeness (QED) is 0.499. The Morgan fingerprint density at radius 2 is 1.95 bits per heavy atom. The van der Waals surface area contributed by atoms with E-state index in [0.29, 0.717) is 12.8 Å². The zero-order chi connectivity index (χ0) is 14.0. The van der Waals surface area contributed by atoms with Crippen LogP contribution in [-0.4, -0.2) is 23.7 Å². The highest BCUT2D eigenvalue weighted by atomic mass is 32.2. The molecule has 1 fully saturated rings. The maximum Gasteiger partial charge on any atom is 0.271 e. The summed E-state index contributed by atoms with van der Waals surface area (Å²) in [4.78, 5) is 9.99. The molecular weight excluding hydrogens is 272 g/mol. The minimum atomic E-state index is -3.61. The van der Waals surface area contributed by atoms with Gasteiger partial charge in [0.1, 0.15) is 5.75 Å². The van der Waals surface area contributed by atoms with Gasteiger partial charge in [-0.1, -0.05) is 12.8 Å². The molecule has 0 aliphatic heterocycles. The van der Waals surface area contributed by atoms with E-state index >= 15 is 0 Å². The summed E-state index contributed by atoms with van der Waals surface area (Å²) < 4.78 is 26.3. The van der Waals surface area contributed by atoms with Gasteiger partial charge in [-0.25, -0.2) is 8.42 Å². The van der Waals surface area contributed by atoms with Crippen LogP contribution in [0.4, 0.5) is 11.4 Å². The first kappa shape index (κ1) is 13.6. The molecule has 1 aliphatic rings. The van der Waals surface area contributed by atoms with Crippen LogP contribution in [0.2, 0.25) is 0 Å². The van der Waals surface area contributed by atoms with E-state index in [1.807, 2.05) is 0 Å². The van der Waals surface area contributed by atoms with E-state index < -0.39 is 20.2 Å². The Kier molecular flexibility index (Phi) is 3.61. The number of non-ortho nitro benzene ring substituents is 1. The van der Waals surface area contributed by atoms with Gasteiger partial charge in [-0.3, -0.25) is 14.8 Å². The van der Waals surface area contributed by atoms with Crippen molar-refractivity contribution >= 4 is 21.4 Å². The van der Waals surface area contributed by atoms with Crippen LogP contribution in [-0.2, 0) is 10.0 Å². The van der Waals surface area contributed by atoms with Crippen LogP contribution in [0.15, 0.2) is 18.2 Å². The van der Waals surface area contributed by atoms with Crippen molar-refractivity contribution in [2.45, 2.75) is 30.9 Å². The minimum absolute atomic E-state index is 0.152. The highest BCUT2D eigenvalue weighted by molar-refractivity contribution is 7.93. The second-order valence-corrected chi connectivity index (χ2v) is 6.47. The predicted octanol–water partition coefficient (Wildman–Crippen LogP) is 1.98. The molecule has 2 rings (SSSR count). The molecule has 2 N–H and O–H groups in total. The molecule has 0 spiro atoms. The number of nitrogens with zero attached hydrogens (tertiary/aromatic N) is 1. The van der Waals surface area contributed by atoms with E-state index in [1.54, 1.807) is 0 Å². The van der Waals surface area contributed by atoms with Gasteiger partial charge in [-0.15, -0.1) is 0 Å². The number of phenols is 1. The number of phenolic OH excluding ortho intramolecular Hbond substituents is 1. The third-order valence-electron chi connectivity index (χ3n) is 3.18. The standard InChI is InChI=1S/C11H14N2O5S/c14-11-6-5-8(13(15)16)7-10(11)12-19(17,18)9-3-1-2-4-9/h5-7,9,12,14H,1-4H2. The van der Waals surface area contributed by atoms with Gasteiger partial charge in [-0.2, -0.15) is 0 Å². The number of hydrogen-bond donors (Lipinski definition) is 2. The number of hydrogen-bond acceptors (Lipinski definition) is 5. The van der Waals surface area contributed by atoms with Gasteiger partial charge >= 0.3 is 0 Å². The maximum absolute atomic E-state index is 12.0. The normalized spacial score (nSPS) is 16.4. The molecule has 19 heavy (non-hydrogen) atoms. The number of benzene rings is 1. The van der Waals surface area contributed by atoms with Gasteiger partial charge in [0.25, 0.3) is 5.69 Å². The molecule has 0 atom stereocenters. The molecule has 1 aromatic rings. The van der Waals surface area contributed by atoms with Crippen molar-refractivity contribution in [1.29, 1.82) is 0 Å². The molecule has 0 aromatic heterocycles. The highest BCUT2D eigenvalue weighted by Gasteiger charge is 2.29. The minimum Gasteiger partial charge on any atom is -0.506 e. The molecule has 0 saturated heterocycles. The first-order valence-corrected chi connectivity index (χ1v) is 7.44. The zero-order valence-electron chi connectivity index (χ0n) is 10.1. The van der Waals surface area contributed by atoms with Gasteiger partial charge < -0.3 is 5.11 Å². The number of nitrogens with one attached hydrogen (secondary N) is 1. The molecule has 104 valence electrons. The van der Waals surface area contributed by atoms with E-state index in [1.165, 1.54) is 0 Å². The van der Waals surface area contributed by atoms with Crippen LogP contribution in [0, 0.1) is 10.1 Å². The van der Waals surface area contributed by atoms with Crippen LogP contribution in [0.25, 0.3) is 0 Å². The van der Waals surface area contributed by atoms with Gasteiger partial charge in [-0.05, 0) is 18.9 Å². The Labute approximate surface area is 110 Å². The van der Waals surface area contributed by atoms with Gasteiger partial charge in [0.2, 0.25) is 10.0 Å². The number of nitro benzene ring substituents is 1. The van der Waals surface area contributed by atoms with E-state index in [-0.39, 0.29) is 17.1 Å². The van der Waals surface area contributed by atoms with Crippen molar-refractivity contribution < 1.29 is 18.4 Å². The molecule has 0 bridgehead atoms. The monoisotopic (exact) mass is 286 g/mol. The van der Waals surface area contributed by atoms with E-state index in [9.17, 15) is 23.6 Å². The Bertz CT molecular complexity index is 593. The first-order valence-electron chi connectivity index (χ1n) is 5.89. The lowest BCUT2D eigenvalue weighted by atomic mass is 10.2. The lowest BCUT2D eigenvalue weighted by molar-refractivity contribution is -0.384. The van der Waals surface area contributed by atoms with E-state index in [4.69, 9.17) is 0 Å². The molecule has 0 amide bonds. The fourth-order valence-corrected chi connectivity index (χ4v) is 3.75. The second-order valence-electron chi connectivity index (χ2n) is 4.51. The lowest BCUT2D eigenvalue weighted by Gasteiger charge is -2.14. The summed E-state index contributed by atoms with van der Waals surface area (Å²) in [6.07, 6.45) is 2.86. The summed E-state index contributed by atoms with van der Waals surface area (Å²) in [6, 6.07) is 3.23. The van der Waals surface area contributed by atoms with Crippen LogP contribution >= 0.6 is 0 Å². The highest BCUT2D eigenvalue weighted by Crippen LogP contribution is 2.31. The number of aromatic hydroxyl groups is 1. The number of anilines is 1. The van der Waals surface area contributed by atoms with E-state index in [0.717, 1.165) is 31.0 Å². The Morgan fingerprint density at radius 3 is 2.53 bits per heavy atom. The molecule has 0 radical (unpaired) electrons. The fraction of sp³-hybridized carbons (Fsp3) is 0.455. The summed E-state index contributed by atoms with van der Waals surface area (Å²) in [5.74, 6) is -0.327. The summed E-state index contributed by atoms with van der Waals surface area (Å²) in [6.45, 7) is 0.